The highest BCUT2D eigenvalue weighted by molar-refractivity contribution is 5.96. The zero-order valence-electron chi connectivity index (χ0n) is 20.9. The molecule has 188 valence electrons. The van der Waals surface area contributed by atoms with Crippen LogP contribution in [0.15, 0.2) is 42.5 Å². The number of carbonyl (C=O) groups excluding carboxylic acids is 2. The van der Waals surface area contributed by atoms with Crippen molar-refractivity contribution in [1.82, 2.24) is 9.80 Å². The lowest BCUT2D eigenvalue weighted by molar-refractivity contribution is -0.135. The van der Waals surface area contributed by atoms with Gasteiger partial charge in [0.1, 0.15) is 11.6 Å². The molecule has 2 aromatic rings. The molecule has 35 heavy (non-hydrogen) atoms. The number of carbonyl (C=O) groups is 2. The number of piperazine rings is 1. The van der Waals surface area contributed by atoms with Gasteiger partial charge in [0.25, 0.3) is 0 Å². The smallest absolute Gasteiger partial charge is 0.241 e. The number of benzene rings is 2. The molecule has 0 bridgehead atoms. The van der Waals surface area contributed by atoms with E-state index in [1.165, 1.54) is 24.3 Å². The average Bonchev–Trinajstić information content (AvgIpc) is 2.98. The Morgan fingerprint density at radius 3 is 2.20 bits per heavy atom. The first-order valence-electron chi connectivity index (χ1n) is 12.5. The Hall–Kier alpha value is -2.80. The van der Waals surface area contributed by atoms with Crippen LogP contribution in [0.3, 0.4) is 0 Å². The molecule has 0 N–H and O–H groups in total. The van der Waals surface area contributed by atoms with E-state index in [1.54, 1.807) is 23.1 Å². The standard InChI is InChI=1S/C28H35F2N3O2/c1-28(2,3)18-26(34)32-15-13-31(14-16-32)19-27(35)33-12-4-5-23(20-6-8-21(29)9-7-20)24-11-10-22(30)17-25(24)33/h6-11,17,23H,4-5,12-16,18-19H2,1-3H3. The summed E-state index contributed by atoms with van der Waals surface area (Å²) in [4.78, 5) is 31.6. The van der Waals surface area contributed by atoms with Crippen molar-refractivity contribution in [3.63, 3.8) is 0 Å². The summed E-state index contributed by atoms with van der Waals surface area (Å²) in [6.07, 6.45) is 2.07. The molecule has 2 heterocycles. The van der Waals surface area contributed by atoms with Crippen LogP contribution in [0, 0.1) is 17.0 Å². The average molecular weight is 484 g/mol. The quantitative estimate of drug-likeness (QED) is 0.627. The van der Waals surface area contributed by atoms with E-state index < -0.39 is 0 Å². The molecule has 0 spiro atoms. The monoisotopic (exact) mass is 483 g/mol. The Kier molecular flexibility index (Phi) is 7.55. The summed E-state index contributed by atoms with van der Waals surface area (Å²) in [5.41, 5.74) is 2.40. The molecule has 0 saturated carbocycles. The van der Waals surface area contributed by atoms with Crippen LogP contribution in [0.2, 0.25) is 0 Å². The number of rotatable bonds is 4. The van der Waals surface area contributed by atoms with Gasteiger partial charge in [-0.05, 0) is 53.6 Å². The van der Waals surface area contributed by atoms with Gasteiger partial charge in [0.05, 0.1) is 12.2 Å². The molecule has 0 aliphatic carbocycles. The Balaban J connectivity index is 1.46. The van der Waals surface area contributed by atoms with Gasteiger partial charge in [-0.25, -0.2) is 8.78 Å². The minimum absolute atomic E-state index is 0.0265. The van der Waals surface area contributed by atoms with Crippen LogP contribution in [0.5, 0.6) is 0 Å². The van der Waals surface area contributed by atoms with Gasteiger partial charge in [-0.1, -0.05) is 39.0 Å². The molecular weight excluding hydrogens is 448 g/mol. The van der Waals surface area contributed by atoms with Crippen molar-refractivity contribution in [3.8, 4) is 0 Å². The van der Waals surface area contributed by atoms with Crippen LogP contribution >= 0.6 is 0 Å². The first-order chi connectivity index (χ1) is 16.6. The van der Waals surface area contributed by atoms with E-state index in [1.807, 2.05) is 4.90 Å². The van der Waals surface area contributed by atoms with Crippen molar-refractivity contribution in [1.29, 1.82) is 0 Å². The third-order valence-electron chi connectivity index (χ3n) is 6.87. The molecule has 1 atom stereocenters. The van der Waals surface area contributed by atoms with Crippen molar-refractivity contribution in [2.45, 2.75) is 46.0 Å². The van der Waals surface area contributed by atoms with Gasteiger partial charge >= 0.3 is 0 Å². The molecule has 2 aliphatic heterocycles. The van der Waals surface area contributed by atoms with Gasteiger partial charge in [0, 0.05) is 45.1 Å². The Labute approximate surface area is 206 Å². The van der Waals surface area contributed by atoms with Crippen LogP contribution in [-0.2, 0) is 9.59 Å². The van der Waals surface area contributed by atoms with Gasteiger partial charge < -0.3 is 9.80 Å². The highest BCUT2D eigenvalue weighted by Crippen LogP contribution is 2.39. The third kappa shape index (κ3) is 6.26. The minimum atomic E-state index is -0.382. The summed E-state index contributed by atoms with van der Waals surface area (Å²) in [6, 6.07) is 11.0. The highest BCUT2D eigenvalue weighted by Gasteiger charge is 2.30. The molecule has 2 aliphatic rings. The fourth-order valence-electron chi connectivity index (χ4n) is 5.07. The van der Waals surface area contributed by atoms with Gasteiger partial charge in [0.2, 0.25) is 11.8 Å². The van der Waals surface area contributed by atoms with Crippen LogP contribution in [0.4, 0.5) is 14.5 Å². The lowest BCUT2D eigenvalue weighted by Gasteiger charge is -2.36. The highest BCUT2D eigenvalue weighted by atomic mass is 19.1. The zero-order chi connectivity index (χ0) is 25.2. The summed E-state index contributed by atoms with van der Waals surface area (Å²) in [5.74, 6) is -0.606. The van der Waals surface area contributed by atoms with Crippen LogP contribution < -0.4 is 4.90 Å². The topological polar surface area (TPSA) is 43.9 Å². The van der Waals surface area contributed by atoms with Crippen molar-refractivity contribution in [2.24, 2.45) is 5.41 Å². The summed E-state index contributed by atoms with van der Waals surface area (Å²) < 4.78 is 27.8. The van der Waals surface area contributed by atoms with E-state index in [-0.39, 0.29) is 41.3 Å². The van der Waals surface area contributed by atoms with Crippen LogP contribution in [0.1, 0.15) is 57.1 Å². The van der Waals surface area contributed by atoms with E-state index in [0.717, 1.165) is 24.0 Å². The molecule has 1 saturated heterocycles. The lowest BCUT2D eigenvalue weighted by atomic mass is 9.87. The van der Waals surface area contributed by atoms with E-state index in [2.05, 4.69) is 25.7 Å². The summed E-state index contributed by atoms with van der Waals surface area (Å²) in [7, 11) is 0. The number of hydrogen-bond acceptors (Lipinski definition) is 3. The second-order valence-electron chi connectivity index (χ2n) is 10.9. The van der Waals surface area contributed by atoms with Gasteiger partial charge in [-0.15, -0.1) is 0 Å². The third-order valence-corrected chi connectivity index (χ3v) is 6.87. The number of fused-ring (bicyclic) bond motifs is 1. The summed E-state index contributed by atoms with van der Waals surface area (Å²) in [6.45, 7) is 9.43. The molecule has 2 aromatic carbocycles. The van der Waals surface area contributed by atoms with Crippen molar-refractivity contribution in [3.05, 3.63) is 65.2 Å². The zero-order valence-corrected chi connectivity index (χ0v) is 20.9. The van der Waals surface area contributed by atoms with E-state index in [4.69, 9.17) is 0 Å². The predicted molar refractivity (Wildman–Crippen MR) is 133 cm³/mol. The predicted octanol–water partition coefficient (Wildman–Crippen LogP) is 4.80. The molecular formula is C28H35F2N3O2. The second-order valence-corrected chi connectivity index (χ2v) is 10.9. The molecule has 5 nitrogen and oxygen atoms in total. The molecule has 0 radical (unpaired) electrons. The van der Waals surface area contributed by atoms with E-state index in [0.29, 0.717) is 44.8 Å². The number of anilines is 1. The minimum Gasteiger partial charge on any atom is -0.340 e. The van der Waals surface area contributed by atoms with Crippen molar-refractivity contribution < 1.29 is 18.4 Å². The largest absolute Gasteiger partial charge is 0.340 e. The Bertz CT molecular complexity index is 1060. The van der Waals surface area contributed by atoms with Crippen molar-refractivity contribution in [2.75, 3.05) is 44.2 Å². The van der Waals surface area contributed by atoms with E-state index >= 15 is 0 Å². The fourth-order valence-corrected chi connectivity index (χ4v) is 5.07. The van der Waals surface area contributed by atoms with Crippen LogP contribution in [0.25, 0.3) is 0 Å². The number of amides is 2. The van der Waals surface area contributed by atoms with Crippen molar-refractivity contribution >= 4 is 17.5 Å². The lowest BCUT2D eigenvalue weighted by Crippen LogP contribution is -2.52. The Morgan fingerprint density at radius 2 is 1.54 bits per heavy atom. The molecule has 7 heteroatoms. The number of halogens is 2. The maximum Gasteiger partial charge on any atom is 0.241 e. The fraction of sp³-hybridized carbons (Fsp3) is 0.500. The first-order valence-corrected chi connectivity index (χ1v) is 12.5. The van der Waals surface area contributed by atoms with E-state index in [9.17, 15) is 18.4 Å². The molecule has 1 unspecified atom stereocenters. The van der Waals surface area contributed by atoms with Gasteiger partial charge in [0.15, 0.2) is 0 Å². The molecule has 0 aromatic heterocycles. The maximum absolute atomic E-state index is 14.3. The maximum atomic E-state index is 14.3. The number of hydrogen-bond donors (Lipinski definition) is 0. The Morgan fingerprint density at radius 1 is 0.886 bits per heavy atom. The molecule has 1 fully saturated rings. The second kappa shape index (κ2) is 10.4. The number of nitrogens with zero attached hydrogens (tertiary/aromatic N) is 3. The first kappa shape index (κ1) is 25.3. The van der Waals surface area contributed by atoms with Gasteiger partial charge in [-0.3, -0.25) is 14.5 Å². The normalized spacial score (nSPS) is 19.3. The summed E-state index contributed by atoms with van der Waals surface area (Å²) in [5, 5.41) is 0. The SMILES string of the molecule is CC(C)(C)CC(=O)N1CCN(CC(=O)N2CCCC(c3ccc(F)cc3)c3ccc(F)cc32)CC1. The summed E-state index contributed by atoms with van der Waals surface area (Å²) >= 11 is 0. The van der Waals surface area contributed by atoms with Crippen LogP contribution in [-0.4, -0.2) is 60.9 Å². The molecule has 4 rings (SSSR count). The van der Waals surface area contributed by atoms with Gasteiger partial charge in [-0.2, -0.15) is 0 Å². The molecule has 2 amide bonds.